The van der Waals surface area contributed by atoms with Gasteiger partial charge in [-0.3, -0.25) is 9.59 Å². The Kier molecular flexibility index (Phi) is 9.27. The van der Waals surface area contributed by atoms with Crippen LogP contribution in [-0.4, -0.2) is 49.2 Å². The summed E-state index contributed by atoms with van der Waals surface area (Å²) >= 11 is 6.82. The van der Waals surface area contributed by atoms with Gasteiger partial charge in [0.2, 0.25) is 21.8 Å². The first kappa shape index (κ1) is 30.2. The second-order valence-electron chi connectivity index (χ2n) is 11.3. The highest BCUT2D eigenvalue weighted by Crippen LogP contribution is 2.33. The molecule has 0 unspecified atom stereocenters. The van der Waals surface area contributed by atoms with Crippen LogP contribution in [0.25, 0.3) is 0 Å². The summed E-state index contributed by atoms with van der Waals surface area (Å²) in [5.41, 5.74) is 4.39. The van der Waals surface area contributed by atoms with Crippen LogP contribution in [0.3, 0.4) is 0 Å². The molecule has 0 spiro atoms. The lowest BCUT2D eigenvalue weighted by atomic mass is 9.86. The third-order valence-electron chi connectivity index (χ3n) is 7.20. The summed E-state index contributed by atoms with van der Waals surface area (Å²) in [7, 11) is -4.03. The van der Waals surface area contributed by atoms with E-state index in [2.05, 4.69) is 86.8 Å². The third-order valence-corrected chi connectivity index (χ3v) is 10.7. The van der Waals surface area contributed by atoms with Crippen LogP contribution < -0.4 is 16.0 Å². The molecule has 1 heterocycles. The average Bonchev–Trinajstić information content (AvgIpc) is 2.86. The van der Waals surface area contributed by atoms with Crippen molar-refractivity contribution >= 4 is 53.7 Å². The molecule has 0 aromatic heterocycles. The van der Waals surface area contributed by atoms with Crippen molar-refractivity contribution in [3.8, 4) is 0 Å². The van der Waals surface area contributed by atoms with Crippen molar-refractivity contribution < 1.29 is 18.0 Å². The molecule has 2 amide bonds. The monoisotopic (exact) mass is 682 g/mol. The summed E-state index contributed by atoms with van der Waals surface area (Å²) in [5, 5.41) is 9.31. The van der Waals surface area contributed by atoms with Crippen LogP contribution in [0, 0.1) is 6.92 Å². The molecule has 1 aliphatic heterocycles. The predicted octanol–water partition coefficient (Wildman–Crippen LogP) is 4.48. The Morgan fingerprint density at radius 2 is 1.85 bits per heavy atom. The highest BCUT2D eigenvalue weighted by molar-refractivity contribution is 9.11. The van der Waals surface area contributed by atoms with E-state index in [-0.39, 0.29) is 41.9 Å². The number of fused-ring (bicyclic) bond motifs is 1. The number of halogens is 2. The summed E-state index contributed by atoms with van der Waals surface area (Å²) in [6.45, 7) is 9.30. The van der Waals surface area contributed by atoms with E-state index in [1.54, 1.807) is 0 Å². The summed E-state index contributed by atoms with van der Waals surface area (Å²) in [6.07, 6.45) is 2.43. The smallest absolute Gasteiger partial charge is 0.243 e. The van der Waals surface area contributed by atoms with Gasteiger partial charge in [-0.2, -0.15) is 4.31 Å². The van der Waals surface area contributed by atoms with Crippen LogP contribution in [0.1, 0.15) is 68.3 Å². The third kappa shape index (κ3) is 7.11. The molecule has 1 fully saturated rings. The van der Waals surface area contributed by atoms with Crippen molar-refractivity contribution in [3.05, 3.63) is 61.5 Å². The first-order valence-electron chi connectivity index (χ1n) is 13.2. The van der Waals surface area contributed by atoms with Gasteiger partial charge in [-0.1, -0.05) is 50.1 Å². The van der Waals surface area contributed by atoms with Gasteiger partial charge in [0.15, 0.2) is 0 Å². The van der Waals surface area contributed by atoms with Crippen LogP contribution in [-0.2, 0) is 32.6 Å². The van der Waals surface area contributed by atoms with Crippen molar-refractivity contribution in [2.24, 2.45) is 0 Å². The van der Waals surface area contributed by atoms with E-state index >= 15 is 0 Å². The molecule has 4 rings (SSSR count). The molecule has 1 aliphatic carbocycles. The van der Waals surface area contributed by atoms with Crippen molar-refractivity contribution in [1.29, 1.82) is 0 Å². The first-order valence-corrected chi connectivity index (χ1v) is 16.2. The fraction of sp³-hybridized carbons (Fsp3) is 0.500. The second kappa shape index (κ2) is 12.0. The van der Waals surface area contributed by atoms with Gasteiger partial charge >= 0.3 is 0 Å². The Balaban J connectivity index is 1.50. The number of sulfonamides is 1. The van der Waals surface area contributed by atoms with E-state index in [0.717, 1.165) is 41.2 Å². The van der Waals surface area contributed by atoms with Gasteiger partial charge < -0.3 is 16.0 Å². The lowest BCUT2D eigenvalue weighted by Crippen LogP contribution is -2.58. The Bertz CT molecular complexity index is 1350. The van der Waals surface area contributed by atoms with Crippen LogP contribution in [0.2, 0.25) is 0 Å². The van der Waals surface area contributed by atoms with Crippen LogP contribution >= 0.6 is 31.9 Å². The maximum Gasteiger partial charge on any atom is 0.243 e. The normalized spacial score (nSPS) is 20.3. The quantitative estimate of drug-likeness (QED) is 0.399. The van der Waals surface area contributed by atoms with Gasteiger partial charge in [-0.05, 0) is 81.3 Å². The van der Waals surface area contributed by atoms with Gasteiger partial charge in [0.25, 0.3) is 0 Å². The maximum atomic E-state index is 13.6. The van der Waals surface area contributed by atoms with E-state index in [4.69, 9.17) is 0 Å². The number of carbonyl (C=O) groups excluding carboxylic acids is 2. The number of hydrogen-bond donors (Lipinski definition) is 3. The average molecular weight is 684 g/mol. The van der Waals surface area contributed by atoms with E-state index in [1.807, 2.05) is 6.92 Å². The fourth-order valence-electron chi connectivity index (χ4n) is 5.01. The minimum absolute atomic E-state index is 0.0195. The molecule has 39 heavy (non-hydrogen) atoms. The largest absolute Gasteiger partial charge is 0.353 e. The van der Waals surface area contributed by atoms with E-state index in [0.29, 0.717) is 8.95 Å². The minimum Gasteiger partial charge on any atom is -0.353 e. The second-order valence-corrected chi connectivity index (χ2v) is 14.9. The zero-order valence-corrected chi connectivity index (χ0v) is 26.7. The molecule has 11 heteroatoms. The van der Waals surface area contributed by atoms with Crippen LogP contribution in [0.15, 0.2) is 44.2 Å². The van der Waals surface area contributed by atoms with Crippen molar-refractivity contribution in [3.63, 3.8) is 0 Å². The molecule has 0 saturated carbocycles. The Hall–Kier alpha value is -1.79. The number of hydrogen-bond acceptors (Lipinski definition) is 5. The molecule has 8 nitrogen and oxygen atoms in total. The predicted molar refractivity (Wildman–Crippen MR) is 159 cm³/mol. The van der Waals surface area contributed by atoms with Crippen LogP contribution in [0.4, 0.5) is 0 Å². The highest BCUT2D eigenvalue weighted by Gasteiger charge is 2.40. The zero-order valence-electron chi connectivity index (χ0n) is 22.7. The van der Waals surface area contributed by atoms with E-state index < -0.39 is 22.0 Å². The van der Waals surface area contributed by atoms with Crippen molar-refractivity contribution in [1.82, 2.24) is 20.3 Å². The molecule has 2 aromatic carbocycles. The lowest BCUT2D eigenvalue weighted by molar-refractivity contribution is -0.132. The number of benzene rings is 2. The number of rotatable bonds is 7. The topological polar surface area (TPSA) is 108 Å². The Labute approximate surface area is 248 Å². The van der Waals surface area contributed by atoms with Crippen molar-refractivity contribution in [2.75, 3.05) is 13.1 Å². The van der Waals surface area contributed by atoms with Crippen LogP contribution in [0.5, 0.6) is 0 Å². The SMILES string of the molecule is Cc1c(Br)cc(S(=O)(=O)N2CCNC(=O)[C@@H]2CC(=O)N[C@@H]2CCCc3cc(CNC(C)(C)C)ccc32)cc1Br. The highest BCUT2D eigenvalue weighted by atomic mass is 79.9. The molecular formula is C28H36Br2N4O4S. The summed E-state index contributed by atoms with van der Waals surface area (Å²) < 4.78 is 29.6. The molecule has 3 N–H and O–H groups in total. The Morgan fingerprint density at radius 1 is 1.15 bits per heavy atom. The first-order chi connectivity index (χ1) is 18.3. The van der Waals surface area contributed by atoms with E-state index in [9.17, 15) is 18.0 Å². The summed E-state index contributed by atoms with van der Waals surface area (Å²) in [6, 6.07) is 8.13. The number of carbonyl (C=O) groups is 2. The minimum atomic E-state index is -4.03. The molecular weight excluding hydrogens is 648 g/mol. The molecule has 2 atom stereocenters. The lowest BCUT2D eigenvalue weighted by Gasteiger charge is -2.34. The van der Waals surface area contributed by atoms with Gasteiger partial charge in [-0.15, -0.1) is 0 Å². The number of piperazine rings is 1. The fourth-order valence-corrected chi connectivity index (χ4v) is 8.14. The molecule has 212 valence electrons. The molecule has 1 saturated heterocycles. The van der Waals surface area contributed by atoms with Gasteiger partial charge in [0.05, 0.1) is 17.4 Å². The van der Waals surface area contributed by atoms with Gasteiger partial charge in [-0.25, -0.2) is 8.42 Å². The van der Waals surface area contributed by atoms with Gasteiger partial charge in [0.1, 0.15) is 6.04 Å². The maximum absolute atomic E-state index is 13.6. The number of amides is 2. The molecule has 0 radical (unpaired) electrons. The number of nitrogens with zero attached hydrogens (tertiary/aromatic N) is 1. The number of aryl methyl sites for hydroxylation is 1. The van der Waals surface area contributed by atoms with E-state index in [1.165, 1.54) is 23.3 Å². The Morgan fingerprint density at radius 3 is 2.51 bits per heavy atom. The molecule has 2 aromatic rings. The molecule has 2 aliphatic rings. The molecule has 0 bridgehead atoms. The summed E-state index contributed by atoms with van der Waals surface area (Å²) in [5.74, 6) is -0.815. The van der Waals surface area contributed by atoms with Crippen molar-refractivity contribution in [2.45, 2.75) is 82.4 Å². The van der Waals surface area contributed by atoms with Gasteiger partial charge in [0, 0.05) is 34.1 Å². The zero-order chi connectivity index (χ0) is 28.5. The number of nitrogens with one attached hydrogen (secondary N) is 3. The standard InChI is InChI=1S/C28H36Br2N4O4S/c1-17-22(29)13-20(14-23(17)30)39(37,38)34-11-10-31-27(36)25(34)15-26(35)33-24-7-5-6-19-12-18(8-9-21(19)24)16-32-28(2,3)4/h8-9,12-14,24-25,32H,5-7,10-11,15-16H2,1-4H3,(H,31,36)(H,33,35)/t24-,25+/m1/s1. The summed E-state index contributed by atoms with van der Waals surface area (Å²) in [4.78, 5) is 26.1.